The second-order valence-electron chi connectivity index (χ2n) is 3.66. The molecule has 0 saturated carbocycles. The molecule has 2 rings (SSSR count). The lowest BCUT2D eigenvalue weighted by atomic mass is 10.2. The number of hydrazine groups is 1. The molecule has 1 aromatic carbocycles. The molecule has 0 radical (unpaired) electrons. The molecule has 17 heavy (non-hydrogen) atoms. The van der Waals surface area contributed by atoms with Crippen LogP contribution in [-0.2, 0) is 0 Å². The van der Waals surface area contributed by atoms with Crippen LogP contribution < -0.4 is 16.6 Å². The van der Waals surface area contributed by atoms with Crippen molar-refractivity contribution in [3.8, 4) is 0 Å². The van der Waals surface area contributed by atoms with Crippen molar-refractivity contribution in [2.75, 3.05) is 10.7 Å². The Morgan fingerprint density at radius 1 is 1.18 bits per heavy atom. The summed E-state index contributed by atoms with van der Waals surface area (Å²) in [7, 11) is 0. The van der Waals surface area contributed by atoms with Gasteiger partial charge in [-0.1, -0.05) is 22.0 Å². The summed E-state index contributed by atoms with van der Waals surface area (Å²) in [5.74, 6) is 5.93. The SMILES string of the molecule is Cc1ccc(Nc2ccnc(NN)c2)cc1Br. The average molecular weight is 293 g/mol. The molecular weight excluding hydrogens is 280 g/mol. The average Bonchev–Trinajstić information content (AvgIpc) is 2.34. The minimum Gasteiger partial charge on any atom is -0.355 e. The Balaban J connectivity index is 2.22. The van der Waals surface area contributed by atoms with E-state index in [2.05, 4.69) is 44.6 Å². The van der Waals surface area contributed by atoms with Crippen molar-refractivity contribution in [1.82, 2.24) is 4.98 Å². The van der Waals surface area contributed by atoms with Gasteiger partial charge in [-0.3, -0.25) is 0 Å². The van der Waals surface area contributed by atoms with Crippen LogP contribution in [0.5, 0.6) is 0 Å². The topological polar surface area (TPSA) is 63.0 Å². The van der Waals surface area contributed by atoms with E-state index in [1.807, 2.05) is 24.3 Å². The molecule has 88 valence electrons. The quantitative estimate of drug-likeness (QED) is 0.601. The minimum atomic E-state index is 0.626. The van der Waals surface area contributed by atoms with E-state index in [4.69, 9.17) is 5.84 Å². The monoisotopic (exact) mass is 292 g/mol. The maximum atomic E-state index is 5.31. The normalized spacial score (nSPS) is 10.1. The van der Waals surface area contributed by atoms with Crippen molar-refractivity contribution in [3.63, 3.8) is 0 Å². The van der Waals surface area contributed by atoms with Crippen LogP contribution in [0.25, 0.3) is 0 Å². The van der Waals surface area contributed by atoms with E-state index in [0.29, 0.717) is 5.82 Å². The van der Waals surface area contributed by atoms with E-state index in [1.165, 1.54) is 5.56 Å². The Bertz CT molecular complexity index is 528. The van der Waals surface area contributed by atoms with Gasteiger partial charge in [-0.2, -0.15) is 0 Å². The second kappa shape index (κ2) is 5.16. The number of nitrogen functional groups attached to an aromatic ring is 1. The summed E-state index contributed by atoms with van der Waals surface area (Å²) in [5, 5.41) is 3.28. The Labute approximate surface area is 108 Å². The maximum Gasteiger partial charge on any atom is 0.141 e. The Morgan fingerprint density at radius 3 is 2.65 bits per heavy atom. The molecule has 0 aliphatic heterocycles. The highest BCUT2D eigenvalue weighted by atomic mass is 79.9. The lowest BCUT2D eigenvalue weighted by molar-refractivity contribution is 1.23. The summed E-state index contributed by atoms with van der Waals surface area (Å²) in [4.78, 5) is 4.05. The van der Waals surface area contributed by atoms with Crippen LogP contribution in [0.2, 0.25) is 0 Å². The number of halogens is 1. The lowest BCUT2D eigenvalue weighted by Gasteiger charge is -2.09. The molecule has 2 aromatic rings. The van der Waals surface area contributed by atoms with Crippen LogP contribution in [-0.4, -0.2) is 4.98 Å². The van der Waals surface area contributed by atoms with Crippen molar-refractivity contribution < 1.29 is 0 Å². The standard InChI is InChI=1S/C12H13BrN4/c1-8-2-3-9(6-11(8)13)16-10-4-5-15-12(7-10)17-14/h2-7H,14H2,1H3,(H2,15,16,17). The van der Waals surface area contributed by atoms with Crippen LogP contribution in [0.3, 0.4) is 0 Å². The number of benzene rings is 1. The molecule has 4 N–H and O–H groups in total. The number of pyridine rings is 1. The Hall–Kier alpha value is -1.59. The van der Waals surface area contributed by atoms with Crippen LogP contribution >= 0.6 is 15.9 Å². The summed E-state index contributed by atoms with van der Waals surface area (Å²) in [6.07, 6.45) is 1.70. The van der Waals surface area contributed by atoms with Gasteiger partial charge in [0.2, 0.25) is 0 Å². The van der Waals surface area contributed by atoms with Gasteiger partial charge >= 0.3 is 0 Å². The molecule has 0 bridgehead atoms. The number of aromatic nitrogens is 1. The van der Waals surface area contributed by atoms with Crippen molar-refractivity contribution in [2.45, 2.75) is 6.92 Å². The van der Waals surface area contributed by atoms with Crippen LogP contribution in [0.1, 0.15) is 5.56 Å². The van der Waals surface area contributed by atoms with Gasteiger partial charge in [0.05, 0.1) is 0 Å². The van der Waals surface area contributed by atoms with Gasteiger partial charge in [-0.25, -0.2) is 10.8 Å². The molecule has 0 atom stereocenters. The number of nitrogens with zero attached hydrogens (tertiary/aromatic N) is 1. The van der Waals surface area contributed by atoms with Crippen molar-refractivity contribution >= 4 is 33.1 Å². The molecule has 0 aliphatic carbocycles. The zero-order valence-electron chi connectivity index (χ0n) is 9.37. The van der Waals surface area contributed by atoms with E-state index in [9.17, 15) is 0 Å². The largest absolute Gasteiger partial charge is 0.355 e. The summed E-state index contributed by atoms with van der Waals surface area (Å²) >= 11 is 3.50. The number of nitrogens with one attached hydrogen (secondary N) is 2. The molecule has 0 spiro atoms. The summed E-state index contributed by atoms with van der Waals surface area (Å²) in [6.45, 7) is 2.05. The number of hydrogen-bond acceptors (Lipinski definition) is 4. The number of rotatable bonds is 3. The van der Waals surface area contributed by atoms with Crippen LogP contribution in [0, 0.1) is 6.92 Å². The second-order valence-corrected chi connectivity index (χ2v) is 4.52. The third-order valence-corrected chi connectivity index (χ3v) is 3.22. The van der Waals surface area contributed by atoms with Gasteiger partial charge in [-0.05, 0) is 30.7 Å². The first-order valence-electron chi connectivity index (χ1n) is 5.15. The van der Waals surface area contributed by atoms with Crippen molar-refractivity contribution in [1.29, 1.82) is 0 Å². The van der Waals surface area contributed by atoms with Gasteiger partial charge in [0.25, 0.3) is 0 Å². The summed E-state index contributed by atoms with van der Waals surface area (Å²) < 4.78 is 1.08. The fraction of sp³-hybridized carbons (Fsp3) is 0.0833. The Morgan fingerprint density at radius 2 is 1.94 bits per heavy atom. The molecule has 0 fully saturated rings. The first-order valence-corrected chi connectivity index (χ1v) is 5.94. The van der Waals surface area contributed by atoms with E-state index in [0.717, 1.165) is 15.8 Å². The van der Waals surface area contributed by atoms with Gasteiger partial charge in [0.15, 0.2) is 0 Å². The number of hydrogen-bond donors (Lipinski definition) is 3. The molecular formula is C12H13BrN4. The molecule has 4 nitrogen and oxygen atoms in total. The molecule has 0 amide bonds. The highest BCUT2D eigenvalue weighted by Gasteiger charge is 1.99. The molecule has 5 heteroatoms. The predicted molar refractivity (Wildman–Crippen MR) is 74.2 cm³/mol. The number of anilines is 3. The highest BCUT2D eigenvalue weighted by molar-refractivity contribution is 9.10. The third kappa shape index (κ3) is 2.95. The van der Waals surface area contributed by atoms with E-state index in [1.54, 1.807) is 6.20 Å². The minimum absolute atomic E-state index is 0.626. The van der Waals surface area contributed by atoms with Crippen LogP contribution in [0.4, 0.5) is 17.2 Å². The molecule has 0 unspecified atom stereocenters. The molecule has 0 saturated heterocycles. The first kappa shape index (κ1) is 11.9. The van der Waals surface area contributed by atoms with Gasteiger partial charge in [0.1, 0.15) is 5.82 Å². The third-order valence-electron chi connectivity index (χ3n) is 2.37. The fourth-order valence-electron chi connectivity index (χ4n) is 1.42. The summed E-state index contributed by atoms with van der Waals surface area (Å²) in [5.41, 5.74) is 5.66. The molecule has 1 aromatic heterocycles. The van der Waals surface area contributed by atoms with Gasteiger partial charge in [0, 0.05) is 28.1 Å². The van der Waals surface area contributed by atoms with Gasteiger partial charge in [-0.15, -0.1) is 0 Å². The molecule has 1 heterocycles. The lowest BCUT2D eigenvalue weighted by Crippen LogP contribution is -2.08. The highest BCUT2D eigenvalue weighted by Crippen LogP contribution is 2.24. The molecule has 0 aliphatic rings. The van der Waals surface area contributed by atoms with Crippen molar-refractivity contribution in [3.05, 3.63) is 46.6 Å². The zero-order chi connectivity index (χ0) is 12.3. The Kier molecular flexibility index (Phi) is 3.61. The smallest absolute Gasteiger partial charge is 0.141 e. The van der Waals surface area contributed by atoms with E-state index in [-0.39, 0.29) is 0 Å². The maximum absolute atomic E-state index is 5.31. The van der Waals surface area contributed by atoms with Crippen LogP contribution in [0.15, 0.2) is 41.0 Å². The number of nitrogens with two attached hydrogens (primary N) is 1. The first-order chi connectivity index (χ1) is 8.19. The fourth-order valence-corrected chi connectivity index (χ4v) is 1.80. The van der Waals surface area contributed by atoms with Crippen molar-refractivity contribution in [2.24, 2.45) is 5.84 Å². The zero-order valence-corrected chi connectivity index (χ0v) is 11.0. The van der Waals surface area contributed by atoms with E-state index < -0.39 is 0 Å². The summed E-state index contributed by atoms with van der Waals surface area (Å²) in [6, 6.07) is 9.83. The van der Waals surface area contributed by atoms with E-state index >= 15 is 0 Å². The van der Waals surface area contributed by atoms with Gasteiger partial charge < -0.3 is 10.7 Å². The predicted octanol–water partition coefficient (Wildman–Crippen LogP) is 3.18. The number of aryl methyl sites for hydroxylation is 1.